The van der Waals surface area contributed by atoms with Crippen molar-refractivity contribution in [3.63, 3.8) is 0 Å². The van der Waals surface area contributed by atoms with Gasteiger partial charge in [0.15, 0.2) is 0 Å². The van der Waals surface area contributed by atoms with Gasteiger partial charge >= 0.3 is 5.97 Å². The van der Waals surface area contributed by atoms with Gasteiger partial charge in [-0.15, -0.1) is 0 Å². The van der Waals surface area contributed by atoms with Gasteiger partial charge < -0.3 is 15.2 Å². The van der Waals surface area contributed by atoms with E-state index in [1.807, 2.05) is 6.92 Å². The Bertz CT molecular complexity index is 365. The molecule has 0 saturated carbocycles. The van der Waals surface area contributed by atoms with E-state index in [1.165, 1.54) is 11.5 Å². The molecule has 16 heavy (non-hydrogen) atoms. The molecule has 1 rings (SSSR count). The Balaban J connectivity index is 2.83. The van der Waals surface area contributed by atoms with E-state index in [4.69, 9.17) is 9.84 Å². The van der Waals surface area contributed by atoms with E-state index in [-0.39, 0.29) is 11.6 Å². The van der Waals surface area contributed by atoms with Gasteiger partial charge in [-0.1, -0.05) is 6.92 Å². The van der Waals surface area contributed by atoms with Gasteiger partial charge in [0.25, 0.3) is 0 Å². The van der Waals surface area contributed by atoms with Crippen LogP contribution >= 0.6 is 11.5 Å². The number of hydrogen-bond donors (Lipinski definition) is 2. The molecule has 0 amide bonds. The molecule has 1 heterocycles. The van der Waals surface area contributed by atoms with Gasteiger partial charge in [0, 0.05) is 7.11 Å². The summed E-state index contributed by atoms with van der Waals surface area (Å²) in [6, 6.07) is 0.114. The van der Waals surface area contributed by atoms with Crippen molar-refractivity contribution in [2.24, 2.45) is 0 Å². The minimum absolute atomic E-state index is 0.114. The molecule has 6 heteroatoms. The average molecular weight is 244 g/mol. The molecule has 0 aliphatic carbocycles. The van der Waals surface area contributed by atoms with Crippen molar-refractivity contribution in [2.45, 2.75) is 26.3 Å². The Morgan fingerprint density at radius 1 is 1.69 bits per heavy atom. The monoisotopic (exact) mass is 244 g/mol. The van der Waals surface area contributed by atoms with Gasteiger partial charge in [-0.3, -0.25) is 0 Å². The number of rotatable bonds is 6. The lowest BCUT2D eigenvalue weighted by Gasteiger charge is -2.15. The van der Waals surface area contributed by atoms with Crippen molar-refractivity contribution < 1.29 is 14.6 Å². The second-order valence-corrected chi connectivity index (χ2v) is 4.26. The van der Waals surface area contributed by atoms with Crippen LogP contribution in [0.4, 0.5) is 5.00 Å². The zero-order valence-electron chi connectivity index (χ0n) is 9.61. The molecular weight excluding hydrogens is 228 g/mol. The quantitative estimate of drug-likeness (QED) is 0.800. The van der Waals surface area contributed by atoms with Crippen molar-refractivity contribution in [3.8, 4) is 0 Å². The Morgan fingerprint density at radius 2 is 2.38 bits per heavy atom. The number of carboxylic acid groups (broad SMARTS) is 1. The van der Waals surface area contributed by atoms with Crippen molar-refractivity contribution in [1.82, 2.24) is 4.37 Å². The average Bonchev–Trinajstić information content (AvgIpc) is 2.59. The lowest BCUT2D eigenvalue weighted by Crippen LogP contribution is -2.24. The molecular formula is C10H16N2O3S. The van der Waals surface area contributed by atoms with Crippen LogP contribution in [-0.4, -0.2) is 35.2 Å². The maximum atomic E-state index is 11.0. The standard InChI is InChI=1S/C10H16N2O3S/c1-4-7(5-15-3)11-9-8(10(13)14)6(2)12-16-9/h7,11H,4-5H2,1-3H3,(H,13,14). The molecule has 0 spiro atoms. The van der Waals surface area contributed by atoms with Crippen LogP contribution in [0.1, 0.15) is 29.4 Å². The fourth-order valence-electron chi connectivity index (χ4n) is 1.37. The SMILES string of the molecule is CCC(COC)Nc1snc(C)c1C(=O)O. The summed E-state index contributed by atoms with van der Waals surface area (Å²) in [5.41, 5.74) is 0.812. The molecule has 0 bridgehead atoms. The number of aromatic carboxylic acids is 1. The van der Waals surface area contributed by atoms with Crippen LogP contribution in [0.3, 0.4) is 0 Å². The number of methoxy groups -OCH3 is 1. The van der Waals surface area contributed by atoms with Crippen LogP contribution in [-0.2, 0) is 4.74 Å². The second kappa shape index (κ2) is 5.81. The van der Waals surface area contributed by atoms with Crippen LogP contribution < -0.4 is 5.32 Å². The number of anilines is 1. The molecule has 0 aliphatic heterocycles. The van der Waals surface area contributed by atoms with Crippen LogP contribution in [0.2, 0.25) is 0 Å². The number of nitrogens with one attached hydrogen (secondary N) is 1. The van der Waals surface area contributed by atoms with Crippen LogP contribution in [0.25, 0.3) is 0 Å². The van der Waals surface area contributed by atoms with Gasteiger partial charge in [0.05, 0.1) is 18.3 Å². The Hall–Kier alpha value is -1.14. The molecule has 0 radical (unpaired) electrons. The topological polar surface area (TPSA) is 71.5 Å². The highest BCUT2D eigenvalue weighted by Gasteiger charge is 2.19. The predicted molar refractivity (Wildman–Crippen MR) is 63.4 cm³/mol. The molecule has 1 aromatic heterocycles. The second-order valence-electron chi connectivity index (χ2n) is 3.48. The van der Waals surface area contributed by atoms with E-state index in [1.54, 1.807) is 14.0 Å². The van der Waals surface area contributed by atoms with Gasteiger partial charge in [-0.25, -0.2) is 4.79 Å². The first-order valence-corrected chi connectivity index (χ1v) is 5.82. The number of aromatic nitrogens is 1. The number of ether oxygens (including phenoxy) is 1. The Morgan fingerprint density at radius 3 is 2.88 bits per heavy atom. The number of carbonyl (C=O) groups is 1. The molecule has 0 aromatic carbocycles. The van der Waals surface area contributed by atoms with Crippen LogP contribution in [0.15, 0.2) is 0 Å². The summed E-state index contributed by atoms with van der Waals surface area (Å²) in [4.78, 5) is 11.0. The first-order chi connectivity index (χ1) is 7.60. The molecule has 0 fully saturated rings. The summed E-state index contributed by atoms with van der Waals surface area (Å²) in [6.07, 6.45) is 0.865. The minimum Gasteiger partial charge on any atom is -0.478 e. The summed E-state index contributed by atoms with van der Waals surface area (Å²) in [5.74, 6) is -0.944. The van der Waals surface area contributed by atoms with E-state index in [0.29, 0.717) is 17.3 Å². The summed E-state index contributed by atoms with van der Waals surface area (Å²) < 4.78 is 9.09. The lowest BCUT2D eigenvalue weighted by atomic mass is 10.2. The smallest absolute Gasteiger partial charge is 0.340 e. The third-order valence-corrected chi connectivity index (χ3v) is 3.14. The third-order valence-electron chi connectivity index (χ3n) is 2.27. The molecule has 1 atom stereocenters. The normalized spacial score (nSPS) is 12.4. The highest BCUT2D eigenvalue weighted by molar-refractivity contribution is 7.10. The van der Waals surface area contributed by atoms with E-state index in [9.17, 15) is 4.79 Å². The van der Waals surface area contributed by atoms with Crippen LogP contribution in [0.5, 0.6) is 0 Å². The molecule has 0 aliphatic rings. The highest BCUT2D eigenvalue weighted by Crippen LogP contribution is 2.25. The van der Waals surface area contributed by atoms with Crippen molar-refractivity contribution >= 4 is 22.5 Å². The third kappa shape index (κ3) is 2.93. The summed E-state index contributed by atoms with van der Waals surface area (Å²) in [6.45, 7) is 4.26. The van der Waals surface area contributed by atoms with E-state index in [2.05, 4.69) is 9.69 Å². The zero-order chi connectivity index (χ0) is 12.1. The maximum absolute atomic E-state index is 11.0. The van der Waals surface area contributed by atoms with Gasteiger partial charge in [-0.05, 0) is 24.9 Å². The first kappa shape index (κ1) is 12.9. The predicted octanol–water partition coefficient (Wildman–Crippen LogP) is 1.99. The number of carboxylic acids is 1. The van der Waals surface area contributed by atoms with E-state index < -0.39 is 5.97 Å². The molecule has 2 N–H and O–H groups in total. The minimum atomic E-state index is -0.944. The van der Waals surface area contributed by atoms with Crippen LogP contribution in [0, 0.1) is 6.92 Å². The van der Waals surface area contributed by atoms with E-state index >= 15 is 0 Å². The number of aryl methyl sites for hydroxylation is 1. The lowest BCUT2D eigenvalue weighted by molar-refractivity contribution is 0.0697. The van der Waals surface area contributed by atoms with Gasteiger partial charge in [-0.2, -0.15) is 4.37 Å². The van der Waals surface area contributed by atoms with Gasteiger partial charge in [0.2, 0.25) is 0 Å². The largest absolute Gasteiger partial charge is 0.478 e. The van der Waals surface area contributed by atoms with Crippen molar-refractivity contribution in [2.75, 3.05) is 19.0 Å². The van der Waals surface area contributed by atoms with Crippen molar-refractivity contribution in [1.29, 1.82) is 0 Å². The number of nitrogens with zero attached hydrogens (tertiary/aromatic N) is 1. The molecule has 5 nitrogen and oxygen atoms in total. The maximum Gasteiger partial charge on any atom is 0.340 e. The van der Waals surface area contributed by atoms with E-state index in [0.717, 1.165) is 6.42 Å². The fourth-order valence-corrected chi connectivity index (χ4v) is 2.23. The van der Waals surface area contributed by atoms with Gasteiger partial charge in [0.1, 0.15) is 10.6 Å². The summed E-state index contributed by atoms with van der Waals surface area (Å²) in [5, 5.41) is 12.8. The fraction of sp³-hybridized carbons (Fsp3) is 0.600. The Kier molecular flexibility index (Phi) is 4.70. The highest BCUT2D eigenvalue weighted by atomic mass is 32.1. The number of hydrogen-bond acceptors (Lipinski definition) is 5. The molecule has 1 aromatic rings. The zero-order valence-corrected chi connectivity index (χ0v) is 10.4. The molecule has 1 unspecified atom stereocenters. The first-order valence-electron chi connectivity index (χ1n) is 5.05. The Labute approximate surface area is 98.6 Å². The summed E-state index contributed by atoms with van der Waals surface area (Å²) in [7, 11) is 1.63. The molecule has 0 saturated heterocycles. The summed E-state index contributed by atoms with van der Waals surface area (Å²) >= 11 is 1.18. The molecule has 90 valence electrons. The van der Waals surface area contributed by atoms with Crippen molar-refractivity contribution in [3.05, 3.63) is 11.3 Å².